The second-order valence-electron chi connectivity index (χ2n) is 2.97. The number of nitrogens with zero attached hydrogens (tertiary/aromatic N) is 2. The van der Waals surface area contributed by atoms with E-state index in [2.05, 4.69) is 11.0 Å². The van der Waals surface area contributed by atoms with Crippen LogP contribution in [-0.4, -0.2) is 33.9 Å². The lowest BCUT2D eigenvalue weighted by molar-refractivity contribution is -0.0403. The van der Waals surface area contributed by atoms with Crippen molar-refractivity contribution < 1.29 is 47.7 Å². The number of alkyl halides is 5. The first-order valence-electron chi connectivity index (χ1n) is 4.27. The summed E-state index contributed by atoms with van der Waals surface area (Å²) in [5.41, 5.74) is -6.13. The van der Waals surface area contributed by atoms with Gasteiger partial charge in [0.15, 0.2) is 0 Å². The van der Waals surface area contributed by atoms with Crippen molar-refractivity contribution in [2.75, 3.05) is 5.75 Å². The third-order valence-corrected chi connectivity index (χ3v) is 6.61. The van der Waals surface area contributed by atoms with E-state index in [4.69, 9.17) is 0 Å². The molecule has 2 unspecified atom stereocenters. The first-order valence-corrected chi connectivity index (χ1v) is 8.85. The van der Waals surface area contributed by atoms with Gasteiger partial charge in [0.05, 0.1) is 5.75 Å². The summed E-state index contributed by atoms with van der Waals surface area (Å²) in [4.78, 5) is 0. The molecule has 126 valence electrons. The topological polar surface area (TPSA) is 102 Å². The molecule has 0 heterocycles. The largest absolute Gasteiger partial charge is 0.501 e. The van der Waals surface area contributed by atoms with Gasteiger partial charge in [0, 0.05) is 0 Å². The van der Waals surface area contributed by atoms with Crippen LogP contribution in [0.4, 0.5) is 26.5 Å². The van der Waals surface area contributed by atoms with E-state index in [0.717, 1.165) is 0 Å². The highest BCUT2D eigenvalue weighted by molar-refractivity contribution is 8.07. The Morgan fingerprint density at radius 2 is 1.62 bits per heavy atom. The Hall–Kier alpha value is -0.870. The van der Waals surface area contributed by atoms with Gasteiger partial charge in [-0.25, -0.2) is 16.8 Å². The maximum atomic E-state index is 12.5. The average molecular weight is 384 g/mol. The van der Waals surface area contributed by atoms with Crippen molar-refractivity contribution in [3.8, 4) is 0 Å². The molecule has 0 aliphatic heterocycles. The molecule has 0 saturated carbocycles. The Balaban J connectivity index is 6.66. The fraction of sp³-hybridized carbons (Fsp3) is 0.600. The molecular weight excluding hydrogens is 378 g/mol. The van der Waals surface area contributed by atoms with Crippen LogP contribution >= 0.6 is 0 Å². The van der Waals surface area contributed by atoms with Crippen molar-refractivity contribution in [3.05, 3.63) is 12.7 Å². The lowest BCUT2D eigenvalue weighted by Gasteiger charge is -2.10. The van der Waals surface area contributed by atoms with Crippen molar-refractivity contribution >= 4 is 29.9 Å². The summed E-state index contributed by atoms with van der Waals surface area (Å²) >= 11 is 0. The number of halogens is 6. The quantitative estimate of drug-likeness (QED) is 0.514. The minimum Gasteiger partial charge on any atom is -0.215 e. The Kier molecular flexibility index (Phi) is 6.22. The molecule has 2 atom stereocenters. The maximum absolute atomic E-state index is 12.5. The first kappa shape index (κ1) is 20.1. The first-order chi connectivity index (χ1) is 9.23. The fourth-order valence-electron chi connectivity index (χ4n) is 0.644. The highest BCUT2D eigenvalue weighted by atomic mass is 32.3. The van der Waals surface area contributed by atoms with Crippen LogP contribution in [0.25, 0.3) is 0 Å². The molecule has 0 aliphatic carbocycles. The van der Waals surface area contributed by atoms with Gasteiger partial charge in [-0.15, -0.1) is 6.58 Å². The average Bonchev–Trinajstić information content (AvgIpc) is 2.25. The van der Waals surface area contributed by atoms with Gasteiger partial charge in [0.1, 0.15) is 0 Å². The SMILES string of the molecule is C=CCS(=O)(=O)N=S(=O)(N=S(=O)(OF)C(F)F)C(F)(F)F. The molecule has 0 spiro atoms. The molecule has 16 heteroatoms. The number of sulfonamides is 1. The van der Waals surface area contributed by atoms with Crippen LogP contribution in [0.15, 0.2) is 20.2 Å². The molecule has 0 amide bonds. The molecule has 21 heavy (non-hydrogen) atoms. The van der Waals surface area contributed by atoms with Gasteiger partial charge < -0.3 is 0 Å². The smallest absolute Gasteiger partial charge is 0.215 e. The molecule has 0 N–H and O–H groups in total. The summed E-state index contributed by atoms with van der Waals surface area (Å²) in [5, 5.41) is 0. The maximum Gasteiger partial charge on any atom is 0.501 e. The van der Waals surface area contributed by atoms with Crippen molar-refractivity contribution in [2.45, 2.75) is 11.3 Å². The van der Waals surface area contributed by atoms with Crippen LogP contribution in [0.1, 0.15) is 0 Å². The predicted molar refractivity (Wildman–Crippen MR) is 59.4 cm³/mol. The van der Waals surface area contributed by atoms with Gasteiger partial charge in [0.25, 0.3) is 29.9 Å². The van der Waals surface area contributed by atoms with Crippen LogP contribution in [0.3, 0.4) is 0 Å². The minimum absolute atomic E-state index is 0.547. The summed E-state index contributed by atoms with van der Waals surface area (Å²) in [6.07, 6.45) is 0.547. The van der Waals surface area contributed by atoms with Crippen LogP contribution in [0.2, 0.25) is 0 Å². The van der Waals surface area contributed by atoms with E-state index in [1.165, 1.54) is 3.77 Å². The molecule has 0 aromatic heterocycles. The van der Waals surface area contributed by atoms with Crippen LogP contribution in [0.5, 0.6) is 0 Å². The Labute approximate surface area is 115 Å². The summed E-state index contributed by atoms with van der Waals surface area (Å²) in [6.45, 7) is 2.85. The molecule has 0 saturated heterocycles. The van der Waals surface area contributed by atoms with Gasteiger partial charge in [-0.1, -0.05) is 18.0 Å². The lowest BCUT2D eigenvalue weighted by Crippen LogP contribution is -2.25. The van der Waals surface area contributed by atoms with E-state index >= 15 is 0 Å². The number of rotatable bonds is 6. The zero-order valence-corrected chi connectivity index (χ0v) is 11.9. The van der Waals surface area contributed by atoms with Crippen LogP contribution < -0.4 is 0 Å². The molecule has 0 aromatic rings. The molecule has 0 fully saturated rings. The Morgan fingerprint density at radius 1 is 1.14 bits per heavy atom. The zero-order chi connectivity index (χ0) is 17.1. The monoisotopic (exact) mass is 384 g/mol. The van der Waals surface area contributed by atoms with E-state index in [0.29, 0.717) is 6.08 Å². The fourth-order valence-corrected chi connectivity index (χ4v) is 4.98. The van der Waals surface area contributed by atoms with Gasteiger partial charge in [-0.05, 0) is 4.53 Å². The number of hydrogen-bond acceptors (Lipinski definition) is 5. The van der Waals surface area contributed by atoms with Gasteiger partial charge in [0.2, 0.25) is 0 Å². The summed E-state index contributed by atoms with van der Waals surface area (Å²) in [5.74, 6) is -5.69. The van der Waals surface area contributed by atoms with Gasteiger partial charge >= 0.3 is 11.3 Å². The Morgan fingerprint density at radius 3 is 1.90 bits per heavy atom. The van der Waals surface area contributed by atoms with Crippen molar-refractivity contribution in [3.63, 3.8) is 0 Å². The molecule has 0 bridgehead atoms. The second kappa shape index (κ2) is 6.49. The van der Waals surface area contributed by atoms with Gasteiger partial charge in [-0.3, -0.25) is 0 Å². The minimum atomic E-state index is -6.41. The molecule has 0 rings (SSSR count). The van der Waals surface area contributed by atoms with E-state index in [9.17, 15) is 43.3 Å². The normalized spacial score (nSPS) is 18.6. The van der Waals surface area contributed by atoms with Crippen molar-refractivity contribution in [1.82, 2.24) is 0 Å². The summed E-state index contributed by atoms with van der Waals surface area (Å²) in [7, 11) is -17.5. The van der Waals surface area contributed by atoms with E-state index in [-0.39, 0.29) is 0 Å². The third kappa shape index (κ3) is 5.11. The van der Waals surface area contributed by atoms with Crippen molar-refractivity contribution in [2.24, 2.45) is 7.54 Å². The lowest BCUT2D eigenvalue weighted by atomic mass is 10.8. The van der Waals surface area contributed by atoms with Crippen LogP contribution in [0, 0.1) is 0 Å². The van der Waals surface area contributed by atoms with E-state index < -0.39 is 47.0 Å². The van der Waals surface area contributed by atoms with Crippen molar-refractivity contribution in [1.29, 1.82) is 0 Å². The molecule has 0 aromatic carbocycles. The highest BCUT2D eigenvalue weighted by Gasteiger charge is 2.48. The summed E-state index contributed by atoms with van der Waals surface area (Å²) < 4.78 is 123. The molecule has 0 radical (unpaired) electrons. The Bertz CT molecular complexity index is 724. The molecular formula is C5H6F6N2O5S3. The van der Waals surface area contributed by atoms with E-state index in [1.54, 1.807) is 3.77 Å². The zero-order valence-electron chi connectivity index (χ0n) is 9.50. The van der Waals surface area contributed by atoms with Crippen LogP contribution in [-0.2, 0) is 34.3 Å². The second-order valence-corrected chi connectivity index (χ2v) is 8.63. The standard InChI is InChI=1S/C5H6F6N2O5S3/c1-2-3-19(14,15)12-21(17,5(8,9)10)13-20(16,18-11)4(6)7/h2,4H,1,3H2. The molecule has 7 nitrogen and oxygen atoms in total. The van der Waals surface area contributed by atoms with E-state index in [1.807, 2.05) is 0 Å². The summed E-state index contributed by atoms with van der Waals surface area (Å²) in [6, 6.07) is 0. The third-order valence-electron chi connectivity index (χ3n) is 1.36. The number of hydrogen-bond donors (Lipinski definition) is 0. The van der Waals surface area contributed by atoms with Gasteiger partial charge in [-0.2, -0.15) is 22.0 Å². The molecule has 0 aliphatic rings. The highest BCUT2D eigenvalue weighted by Crippen LogP contribution is 2.31. The predicted octanol–water partition coefficient (Wildman–Crippen LogP) is 1.91.